The fourth-order valence-electron chi connectivity index (χ4n) is 2.87. The van der Waals surface area contributed by atoms with E-state index in [1.54, 1.807) is 25.1 Å². The number of benzene rings is 2. The normalized spacial score (nSPS) is 11.8. The van der Waals surface area contributed by atoms with Crippen LogP contribution in [0.5, 0.6) is 0 Å². The Balaban J connectivity index is 2.39. The highest BCUT2D eigenvalue weighted by Crippen LogP contribution is 2.25. The van der Waals surface area contributed by atoms with Crippen molar-refractivity contribution in [3.63, 3.8) is 0 Å². The van der Waals surface area contributed by atoms with Gasteiger partial charge in [-0.2, -0.15) is 0 Å². The quantitative estimate of drug-likeness (QED) is 0.660. The molecule has 0 bridgehead atoms. The second-order valence-electron chi connectivity index (χ2n) is 6.17. The zero-order valence-electron chi connectivity index (χ0n) is 15.4. The third-order valence-electron chi connectivity index (χ3n) is 4.38. The van der Waals surface area contributed by atoms with Gasteiger partial charge in [0.2, 0.25) is 11.8 Å². The molecule has 0 spiro atoms. The van der Waals surface area contributed by atoms with Crippen molar-refractivity contribution < 1.29 is 14.0 Å². The fraction of sp³-hybridized carbons (Fsp3) is 0.300. The lowest BCUT2D eigenvalue weighted by molar-refractivity contribution is -0.140. The molecule has 0 radical (unpaired) electrons. The Morgan fingerprint density at radius 1 is 1.14 bits per heavy atom. The number of nitrogens with zero attached hydrogens (tertiary/aromatic N) is 1. The van der Waals surface area contributed by atoms with Gasteiger partial charge in [-0.3, -0.25) is 9.59 Å². The van der Waals surface area contributed by atoms with Crippen LogP contribution < -0.4 is 5.32 Å². The summed E-state index contributed by atoms with van der Waals surface area (Å²) in [6.07, 6.45) is 0.103. The molecule has 150 valence electrons. The topological polar surface area (TPSA) is 49.4 Å². The van der Waals surface area contributed by atoms with E-state index in [2.05, 4.69) is 5.32 Å². The van der Waals surface area contributed by atoms with E-state index in [1.165, 1.54) is 30.1 Å². The molecular formula is C20H20Cl3FN2O2. The van der Waals surface area contributed by atoms with Crippen molar-refractivity contribution in [2.24, 2.45) is 0 Å². The number of likely N-dealkylation sites (N-methyl/N-ethyl adjacent to an activating group) is 1. The molecule has 2 rings (SSSR count). The molecule has 2 aromatic carbocycles. The molecule has 0 saturated heterocycles. The van der Waals surface area contributed by atoms with Crippen molar-refractivity contribution >= 4 is 46.6 Å². The van der Waals surface area contributed by atoms with Gasteiger partial charge in [0.15, 0.2) is 0 Å². The number of rotatable bonds is 7. The summed E-state index contributed by atoms with van der Waals surface area (Å²) in [5.41, 5.74) is 0.717. The van der Waals surface area contributed by atoms with Gasteiger partial charge in [-0.1, -0.05) is 53.9 Å². The molecule has 0 aliphatic heterocycles. The van der Waals surface area contributed by atoms with Crippen LogP contribution in [0.3, 0.4) is 0 Å². The third-order valence-corrected chi connectivity index (χ3v) is 5.32. The van der Waals surface area contributed by atoms with Gasteiger partial charge >= 0.3 is 0 Å². The number of halogens is 4. The Bertz CT molecular complexity index is 856. The summed E-state index contributed by atoms with van der Waals surface area (Å²) < 4.78 is 14.1. The zero-order chi connectivity index (χ0) is 20.8. The standard InChI is InChI=1S/C20H20Cl3FN2O2/c1-3-18(20(28)25-2)26(11-12-7-8-13(21)9-16(12)23)19(27)10-14-15(22)5-4-6-17(14)24/h4-9,18H,3,10-11H2,1-2H3,(H,25,28)/t18-/m1/s1. The molecule has 1 N–H and O–H groups in total. The summed E-state index contributed by atoms with van der Waals surface area (Å²) in [5.74, 6) is -1.33. The minimum Gasteiger partial charge on any atom is -0.357 e. The van der Waals surface area contributed by atoms with E-state index in [9.17, 15) is 14.0 Å². The first-order valence-corrected chi connectivity index (χ1v) is 9.79. The van der Waals surface area contributed by atoms with Crippen LogP contribution in [0.2, 0.25) is 15.1 Å². The van der Waals surface area contributed by atoms with E-state index >= 15 is 0 Å². The maximum Gasteiger partial charge on any atom is 0.242 e. The molecule has 4 nitrogen and oxygen atoms in total. The maximum absolute atomic E-state index is 14.1. The largest absolute Gasteiger partial charge is 0.357 e. The molecule has 28 heavy (non-hydrogen) atoms. The molecule has 0 heterocycles. The van der Waals surface area contributed by atoms with Gasteiger partial charge < -0.3 is 10.2 Å². The first-order chi connectivity index (χ1) is 13.3. The Morgan fingerprint density at radius 3 is 2.43 bits per heavy atom. The number of hydrogen-bond acceptors (Lipinski definition) is 2. The average molecular weight is 446 g/mol. The average Bonchev–Trinajstić information content (AvgIpc) is 2.65. The van der Waals surface area contributed by atoms with Crippen LogP contribution in [0.15, 0.2) is 36.4 Å². The molecule has 0 aliphatic rings. The molecule has 2 amide bonds. The van der Waals surface area contributed by atoms with Crippen molar-refractivity contribution in [3.05, 3.63) is 68.4 Å². The summed E-state index contributed by atoms with van der Waals surface area (Å²) in [5, 5.41) is 3.56. The van der Waals surface area contributed by atoms with E-state index in [0.717, 1.165) is 0 Å². The van der Waals surface area contributed by atoms with Gasteiger partial charge in [0, 0.05) is 34.2 Å². The number of hydrogen-bond donors (Lipinski definition) is 1. The lowest BCUT2D eigenvalue weighted by Crippen LogP contribution is -2.48. The summed E-state index contributed by atoms with van der Waals surface area (Å²) in [7, 11) is 1.50. The lowest BCUT2D eigenvalue weighted by Gasteiger charge is -2.30. The highest BCUT2D eigenvalue weighted by Gasteiger charge is 2.29. The van der Waals surface area contributed by atoms with Crippen molar-refractivity contribution in [2.75, 3.05) is 7.05 Å². The molecular weight excluding hydrogens is 426 g/mol. The first kappa shape index (κ1) is 22.5. The van der Waals surface area contributed by atoms with Crippen LogP contribution in [0, 0.1) is 5.82 Å². The molecule has 2 aromatic rings. The number of carbonyl (C=O) groups is 2. The van der Waals surface area contributed by atoms with E-state index in [1.807, 2.05) is 0 Å². The van der Waals surface area contributed by atoms with Crippen molar-refractivity contribution in [1.82, 2.24) is 10.2 Å². The van der Waals surface area contributed by atoms with Gasteiger partial charge in [0.1, 0.15) is 11.9 Å². The van der Waals surface area contributed by atoms with Crippen LogP contribution in [-0.4, -0.2) is 29.8 Å². The molecule has 0 aromatic heterocycles. The SMILES string of the molecule is CC[C@H](C(=O)NC)N(Cc1ccc(Cl)cc1Cl)C(=O)Cc1c(F)cccc1Cl. The highest BCUT2D eigenvalue weighted by molar-refractivity contribution is 6.35. The molecule has 1 atom stereocenters. The Labute approximate surface area is 178 Å². The number of nitrogens with one attached hydrogen (secondary N) is 1. The van der Waals surface area contributed by atoms with Crippen LogP contribution in [-0.2, 0) is 22.6 Å². The Morgan fingerprint density at radius 2 is 1.86 bits per heavy atom. The molecule has 0 aliphatic carbocycles. The highest BCUT2D eigenvalue weighted by atomic mass is 35.5. The van der Waals surface area contributed by atoms with Crippen LogP contribution in [0.25, 0.3) is 0 Å². The monoisotopic (exact) mass is 444 g/mol. The lowest BCUT2D eigenvalue weighted by atomic mass is 10.1. The predicted molar refractivity (Wildman–Crippen MR) is 110 cm³/mol. The third kappa shape index (κ3) is 5.37. The van der Waals surface area contributed by atoms with Crippen molar-refractivity contribution in [3.8, 4) is 0 Å². The van der Waals surface area contributed by atoms with E-state index in [4.69, 9.17) is 34.8 Å². The number of amides is 2. The minimum absolute atomic E-state index is 0.0762. The van der Waals surface area contributed by atoms with Gasteiger partial charge in [-0.05, 0) is 36.2 Å². The summed E-state index contributed by atoms with van der Waals surface area (Å²) in [6.45, 7) is 1.87. The second-order valence-corrected chi connectivity index (χ2v) is 7.42. The Kier molecular flexibility index (Phi) is 8.10. The smallest absolute Gasteiger partial charge is 0.242 e. The first-order valence-electron chi connectivity index (χ1n) is 8.66. The van der Waals surface area contributed by atoms with Crippen molar-refractivity contribution in [1.29, 1.82) is 0 Å². The van der Waals surface area contributed by atoms with E-state index in [0.29, 0.717) is 22.0 Å². The molecule has 8 heteroatoms. The molecule has 0 unspecified atom stereocenters. The van der Waals surface area contributed by atoms with E-state index in [-0.39, 0.29) is 29.5 Å². The minimum atomic E-state index is -0.741. The van der Waals surface area contributed by atoms with Gasteiger partial charge in [0.05, 0.1) is 6.42 Å². The number of carbonyl (C=O) groups excluding carboxylic acids is 2. The van der Waals surface area contributed by atoms with Gasteiger partial charge in [0.25, 0.3) is 0 Å². The van der Waals surface area contributed by atoms with Gasteiger partial charge in [-0.25, -0.2) is 4.39 Å². The van der Waals surface area contributed by atoms with Crippen molar-refractivity contribution in [2.45, 2.75) is 32.4 Å². The second kappa shape index (κ2) is 10.1. The van der Waals surface area contributed by atoms with Crippen LogP contribution >= 0.6 is 34.8 Å². The maximum atomic E-state index is 14.1. The van der Waals surface area contributed by atoms with Crippen LogP contribution in [0.4, 0.5) is 4.39 Å². The summed E-state index contributed by atoms with van der Waals surface area (Å²) >= 11 is 18.2. The van der Waals surface area contributed by atoms with Crippen LogP contribution in [0.1, 0.15) is 24.5 Å². The molecule has 0 fully saturated rings. The van der Waals surface area contributed by atoms with Gasteiger partial charge in [-0.15, -0.1) is 0 Å². The predicted octanol–water partition coefficient (Wildman–Crippen LogP) is 4.88. The van der Waals surface area contributed by atoms with E-state index < -0.39 is 17.8 Å². The fourth-order valence-corrected chi connectivity index (χ4v) is 3.57. The zero-order valence-corrected chi connectivity index (χ0v) is 17.7. The summed E-state index contributed by atoms with van der Waals surface area (Å²) in [4.78, 5) is 26.8. The Hall–Kier alpha value is -1.82. The summed E-state index contributed by atoms with van der Waals surface area (Å²) in [6, 6.07) is 8.40. The molecule has 0 saturated carbocycles.